The van der Waals surface area contributed by atoms with E-state index < -0.39 is 0 Å². The lowest BCUT2D eigenvalue weighted by Crippen LogP contribution is -2.41. The molecule has 2 heteroatoms. The van der Waals surface area contributed by atoms with E-state index in [1.54, 1.807) is 0 Å². The second-order valence-electron chi connectivity index (χ2n) is 6.02. The molecule has 0 aromatic heterocycles. The molecular weight excluding hydrogens is 232 g/mol. The SMILES string of the molecule is Cc1cccc(C(C(C)N)N2CCCCCCC2)c1. The molecule has 1 fully saturated rings. The summed E-state index contributed by atoms with van der Waals surface area (Å²) in [6.07, 6.45) is 6.77. The van der Waals surface area contributed by atoms with Crippen LogP contribution in [-0.4, -0.2) is 24.0 Å². The Labute approximate surface area is 118 Å². The van der Waals surface area contributed by atoms with Gasteiger partial charge in [0.25, 0.3) is 0 Å². The van der Waals surface area contributed by atoms with E-state index in [4.69, 9.17) is 5.73 Å². The molecule has 19 heavy (non-hydrogen) atoms. The van der Waals surface area contributed by atoms with Crippen molar-refractivity contribution in [1.82, 2.24) is 4.90 Å². The van der Waals surface area contributed by atoms with Crippen LogP contribution in [-0.2, 0) is 0 Å². The van der Waals surface area contributed by atoms with Gasteiger partial charge in [-0.3, -0.25) is 4.90 Å². The van der Waals surface area contributed by atoms with Crippen LogP contribution in [0, 0.1) is 6.92 Å². The van der Waals surface area contributed by atoms with Crippen molar-refractivity contribution in [2.45, 2.75) is 58.0 Å². The van der Waals surface area contributed by atoms with E-state index in [0.29, 0.717) is 6.04 Å². The Morgan fingerprint density at radius 3 is 2.26 bits per heavy atom. The minimum atomic E-state index is 0.182. The molecule has 106 valence electrons. The first kappa shape index (κ1) is 14.5. The van der Waals surface area contributed by atoms with Crippen molar-refractivity contribution in [3.63, 3.8) is 0 Å². The second kappa shape index (κ2) is 7.06. The molecule has 1 heterocycles. The summed E-state index contributed by atoms with van der Waals surface area (Å²) in [6.45, 7) is 6.70. The minimum Gasteiger partial charge on any atom is -0.326 e. The van der Waals surface area contributed by atoms with Crippen molar-refractivity contribution in [2.75, 3.05) is 13.1 Å². The van der Waals surface area contributed by atoms with Crippen LogP contribution in [0.2, 0.25) is 0 Å². The zero-order valence-corrected chi connectivity index (χ0v) is 12.4. The highest BCUT2D eigenvalue weighted by Gasteiger charge is 2.24. The molecule has 0 bridgehead atoms. The van der Waals surface area contributed by atoms with E-state index in [0.717, 1.165) is 0 Å². The Morgan fingerprint density at radius 2 is 1.68 bits per heavy atom. The number of rotatable bonds is 3. The first-order valence-electron chi connectivity index (χ1n) is 7.74. The van der Waals surface area contributed by atoms with E-state index in [1.807, 2.05) is 0 Å². The van der Waals surface area contributed by atoms with Crippen molar-refractivity contribution in [1.29, 1.82) is 0 Å². The van der Waals surface area contributed by atoms with Crippen LogP contribution in [0.4, 0.5) is 0 Å². The molecule has 0 saturated carbocycles. The summed E-state index contributed by atoms with van der Waals surface area (Å²) < 4.78 is 0. The molecule has 1 saturated heterocycles. The van der Waals surface area contributed by atoms with Gasteiger partial charge in [-0.05, 0) is 45.3 Å². The third-order valence-electron chi connectivity index (χ3n) is 4.17. The molecule has 1 aromatic carbocycles. The lowest BCUT2D eigenvalue weighted by atomic mass is 9.96. The molecule has 1 aliphatic heterocycles. The molecule has 0 spiro atoms. The fourth-order valence-electron chi connectivity index (χ4n) is 3.25. The first-order chi connectivity index (χ1) is 9.18. The average molecular weight is 260 g/mol. The van der Waals surface area contributed by atoms with Crippen molar-refractivity contribution < 1.29 is 0 Å². The number of hydrogen-bond acceptors (Lipinski definition) is 2. The lowest BCUT2D eigenvalue weighted by Gasteiger charge is -2.36. The van der Waals surface area contributed by atoms with Gasteiger partial charge < -0.3 is 5.73 Å². The van der Waals surface area contributed by atoms with Gasteiger partial charge in [0.2, 0.25) is 0 Å². The number of benzene rings is 1. The zero-order chi connectivity index (χ0) is 13.7. The lowest BCUT2D eigenvalue weighted by molar-refractivity contribution is 0.161. The Morgan fingerprint density at radius 1 is 1.05 bits per heavy atom. The van der Waals surface area contributed by atoms with Gasteiger partial charge in [0.05, 0.1) is 0 Å². The maximum atomic E-state index is 6.30. The molecule has 2 N–H and O–H groups in total. The minimum absolute atomic E-state index is 0.182. The molecule has 1 aliphatic rings. The molecule has 0 aliphatic carbocycles. The van der Waals surface area contributed by atoms with Crippen molar-refractivity contribution >= 4 is 0 Å². The van der Waals surface area contributed by atoms with Gasteiger partial charge in [-0.15, -0.1) is 0 Å². The van der Waals surface area contributed by atoms with E-state index in [9.17, 15) is 0 Å². The first-order valence-corrected chi connectivity index (χ1v) is 7.74. The predicted molar refractivity (Wildman–Crippen MR) is 82.2 cm³/mol. The fourth-order valence-corrected chi connectivity index (χ4v) is 3.25. The molecule has 2 atom stereocenters. The second-order valence-corrected chi connectivity index (χ2v) is 6.02. The Balaban J connectivity index is 2.18. The third kappa shape index (κ3) is 4.05. The van der Waals surface area contributed by atoms with Crippen molar-refractivity contribution in [2.24, 2.45) is 5.73 Å². The van der Waals surface area contributed by atoms with Crippen LogP contribution in [0.3, 0.4) is 0 Å². The van der Waals surface area contributed by atoms with Crippen LogP contribution < -0.4 is 5.73 Å². The smallest absolute Gasteiger partial charge is 0.0496 e. The number of hydrogen-bond donors (Lipinski definition) is 1. The molecule has 0 amide bonds. The highest BCUT2D eigenvalue weighted by atomic mass is 15.2. The van der Waals surface area contributed by atoms with Gasteiger partial charge in [-0.2, -0.15) is 0 Å². The number of nitrogens with two attached hydrogens (primary N) is 1. The highest BCUT2D eigenvalue weighted by Crippen LogP contribution is 2.26. The summed E-state index contributed by atoms with van der Waals surface area (Å²) in [5.41, 5.74) is 9.01. The summed E-state index contributed by atoms with van der Waals surface area (Å²) in [7, 11) is 0. The predicted octanol–water partition coefficient (Wildman–Crippen LogP) is 3.65. The molecule has 2 unspecified atom stereocenters. The summed E-state index contributed by atoms with van der Waals surface area (Å²) >= 11 is 0. The van der Waals surface area contributed by atoms with Crippen LogP contribution in [0.1, 0.15) is 56.2 Å². The van der Waals surface area contributed by atoms with Crippen LogP contribution >= 0.6 is 0 Å². The van der Waals surface area contributed by atoms with Crippen molar-refractivity contribution in [3.8, 4) is 0 Å². The van der Waals surface area contributed by atoms with Crippen molar-refractivity contribution in [3.05, 3.63) is 35.4 Å². The number of aryl methyl sites for hydroxylation is 1. The van der Waals surface area contributed by atoms with Gasteiger partial charge in [-0.1, -0.05) is 49.1 Å². The van der Waals surface area contributed by atoms with E-state index in [2.05, 4.69) is 43.0 Å². The van der Waals surface area contributed by atoms with E-state index >= 15 is 0 Å². The summed E-state index contributed by atoms with van der Waals surface area (Å²) in [5.74, 6) is 0. The van der Waals surface area contributed by atoms with E-state index in [-0.39, 0.29) is 6.04 Å². The maximum Gasteiger partial charge on any atom is 0.0496 e. The van der Waals surface area contributed by atoms with Crippen LogP contribution in [0.5, 0.6) is 0 Å². The standard InChI is InChI=1S/C17H28N2/c1-14-9-8-10-16(13-14)17(15(2)18)19-11-6-4-3-5-7-12-19/h8-10,13,15,17H,3-7,11-12,18H2,1-2H3. The third-order valence-corrected chi connectivity index (χ3v) is 4.17. The summed E-state index contributed by atoms with van der Waals surface area (Å²) in [4.78, 5) is 2.61. The topological polar surface area (TPSA) is 29.3 Å². The Hall–Kier alpha value is -0.860. The summed E-state index contributed by atoms with van der Waals surface area (Å²) in [5, 5.41) is 0. The number of nitrogens with zero attached hydrogens (tertiary/aromatic N) is 1. The largest absolute Gasteiger partial charge is 0.326 e. The summed E-state index contributed by atoms with van der Waals surface area (Å²) in [6, 6.07) is 9.41. The van der Waals surface area contributed by atoms with Crippen LogP contribution in [0.15, 0.2) is 24.3 Å². The van der Waals surface area contributed by atoms with Gasteiger partial charge in [0, 0.05) is 12.1 Å². The molecule has 0 radical (unpaired) electrons. The van der Waals surface area contributed by atoms with Gasteiger partial charge in [0.1, 0.15) is 0 Å². The van der Waals surface area contributed by atoms with Gasteiger partial charge in [0.15, 0.2) is 0 Å². The molecule has 2 rings (SSSR count). The molecule has 2 nitrogen and oxygen atoms in total. The maximum absolute atomic E-state index is 6.30. The molecular formula is C17H28N2. The van der Waals surface area contributed by atoms with E-state index in [1.165, 1.54) is 56.3 Å². The Kier molecular flexibility index (Phi) is 5.41. The van der Waals surface area contributed by atoms with Crippen LogP contribution in [0.25, 0.3) is 0 Å². The average Bonchev–Trinajstić information content (AvgIpc) is 2.31. The van der Waals surface area contributed by atoms with Gasteiger partial charge >= 0.3 is 0 Å². The monoisotopic (exact) mass is 260 g/mol. The Bertz CT molecular complexity index is 379. The number of likely N-dealkylation sites (tertiary alicyclic amines) is 1. The molecule has 1 aromatic rings. The highest BCUT2D eigenvalue weighted by molar-refractivity contribution is 5.26. The van der Waals surface area contributed by atoms with Gasteiger partial charge in [-0.25, -0.2) is 0 Å². The quantitative estimate of drug-likeness (QED) is 0.899. The fraction of sp³-hybridized carbons (Fsp3) is 0.647. The zero-order valence-electron chi connectivity index (χ0n) is 12.4. The normalized spacial score (nSPS) is 21.4.